The predicted octanol–water partition coefficient (Wildman–Crippen LogP) is 2.53. The topological polar surface area (TPSA) is 114 Å². The van der Waals surface area contributed by atoms with Crippen molar-refractivity contribution < 1.29 is 8.42 Å². The van der Waals surface area contributed by atoms with Gasteiger partial charge < -0.3 is 0 Å². The van der Waals surface area contributed by atoms with E-state index in [4.69, 9.17) is 0 Å². The van der Waals surface area contributed by atoms with Gasteiger partial charge in [0.1, 0.15) is 5.82 Å². The molecule has 0 saturated heterocycles. The Morgan fingerprint density at radius 2 is 2.04 bits per heavy atom. The van der Waals surface area contributed by atoms with Crippen LogP contribution in [0, 0.1) is 0 Å². The summed E-state index contributed by atoms with van der Waals surface area (Å²) in [7, 11) is -4.20. The highest BCUT2D eigenvalue weighted by Gasteiger charge is 2.22. The third-order valence-electron chi connectivity index (χ3n) is 4.13. The SMILES string of the molecule is CCCCCCn1cc(S(=O)(=O)Nc2nccc3sccc23)c(=O)[nH]c1=O. The average molecular weight is 409 g/mol. The van der Waals surface area contributed by atoms with E-state index in [1.165, 1.54) is 22.1 Å². The van der Waals surface area contributed by atoms with E-state index in [-0.39, 0.29) is 5.82 Å². The number of unbranched alkanes of at least 4 members (excludes halogenated alkanes) is 3. The maximum atomic E-state index is 12.7. The molecule has 0 saturated carbocycles. The Morgan fingerprint density at radius 1 is 1.22 bits per heavy atom. The number of anilines is 1. The number of nitrogens with zero attached hydrogens (tertiary/aromatic N) is 2. The highest BCUT2D eigenvalue weighted by atomic mass is 32.2. The van der Waals surface area contributed by atoms with Crippen LogP contribution >= 0.6 is 11.3 Å². The Balaban J connectivity index is 1.93. The van der Waals surface area contributed by atoms with Crippen LogP contribution in [0.5, 0.6) is 0 Å². The number of H-pyrrole nitrogens is 1. The molecule has 0 aliphatic rings. The lowest BCUT2D eigenvalue weighted by Gasteiger charge is -2.10. The number of fused-ring (bicyclic) bond motifs is 1. The molecule has 144 valence electrons. The Kier molecular flexibility index (Phi) is 5.76. The Hall–Kier alpha value is -2.46. The zero-order valence-corrected chi connectivity index (χ0v) is 16.4. The van der Waals surface area contributed by atoms with Crippen molar-refractivity contribution in [3.63, 3.8) is 0 Å². The van der Waals surface area contributed by atoms with E-state index >= 15 is 0 Å². The standard InChI is InChI=1S/C17H20N4O4S2/c1-2-3-4-5-9-21-11-14(16(22)19-17(21)23)27(24,25)20-15-12-7-10-26-13(12)6-8-18-15/h6-8,10-11H,2-5,9H2,1H3,(H,18,20)(H,19,22,23). The fraction of sp³-hybridized carbons (Fsp3) is 0.353. The number of aromatic nitrogens is 3. The van der Waals surface area contributed by atoms with Gasteiger partial charge in [-0.2, -0.15) is 0 Å². The van der Waals surface area contributed by atoms with Crippen molar-refractivity contribution >= 4 is 37.3 Å². The minimum Gasteiger partial charge on any atom is -0.299 e. The summed E-state index contributed by atoms with van der Waals surface area (Å²) in [6.45, 7) is 2.42. The maximum Gasteiger partial charge on any atom is 0.328 e. The fourth-order valence-corrected chi connectivity index (χ4v) is 4.58. The van der Waals surface area contributed by atoms with Crippen molar-refractivity contribution in [2.45, 2.75) is 44.0 Å². The minimum absolute atomic E-state index is 0.147. The van der Waals surface area contributed by atoms with Crippen LogP contribution in [0.2, 0.25) is 0 Å². The molecule has 10 heteroatoms. The molecule has 0 bridgehead atoms. The second-order valence-corrected chi connectivity index (χ2v) is 8.70. The molecule has 0 unspecified atom stereocenters. The van der Waals surface area contributed by atoms with Crippen LogP contribution in [-0.4, -0.2) is 23.0 Å². The van der Waals surface area contributed by atoms with Crippen molar-refractivity contribution in [3.8, 4) is 0 Å². The summed E-state index contributed by atoms with van der Waals surface area (Å²) in [5.74, 6) is 0.147. The van der Waals surface area contributed by atoms with Crippen molar-refractivity contribution in [2.75, 3.05) is 4.72 Å². The first kappa shape index (κ1) is 19.3. The van der Waals surface area contributed by atoms with Crippen LogP contribution in [-0.2, 0) is 16.6 Å². The highest BCUT2D eigenvalue weighted by molar-refractivity contribution is 7.92. The van der Waals surface area contributed by atoms with Crippen LogP contribution < -0.4 is 16.0 Å². The number of hydrogen-bond acceptors (Lipinski definition) is 6. The molecule has 2 N–H and O–H groups in total. The number of nitrogens with one attached hydrogen (secondary N) is 2. The summed E-state index contributed by atoms with van der Waals surface area (Å²) in [4.78, 5) is 29.7. The summed E-state index contributed by atoms with van der Waals surface area (Å²) in [6.07, 6.45) is 6.32. The predicted molar refractivity (Wildman–Crippen MR) is 106 cm³/mol. The molecule has 0 aromatic carbocycles. The molecule has 0 radical (unpaired) electrons. The van der Waals surface area contributed by atoms with Crippen LogP contribution in [0.15, 0.2) is 44.4 Å². The first-order valence-electron chi connectivity index (χ1n) is 8.61. The van der Waals surface area contributed by atoms with Crippen LogP contribution in [0.25, 0.3) is 10.1 Å². The molecular formula is C17H20N4O4S2. The van der Waals surface area contributed by atoms with Gasteiger partial charge in [-0.05, 0) is 23.9 Å². The molecule has 3 rings (SSSR count). The summed E-state index contributed by atoms with van der Waals surface area (Å²) < 4.78 is 29.9. The van der Waals surface area contributed by atoms with Gasteiger partial charge in [0.25, 0.3) is 15.6 Å². The lowest BCUT2D eigenvalue weighted by Crippen LogP contribution is -2.34. The van der Waals surface area contributed by atoms with Crippen molar-refractivity contribution in [3.05, 3.63) is 50.7 Å². The molecule has 0 aliphatic heterocycles. The number of aromatic amines is 1. The molecule has 3 heterocycles. The summed E-state index contributed by atoms with van der Waals surface area (Å²) in [6, 6.07) is 3.53. The van der Waals surface area contributed by atoms with Gasteiger partial charge in [0, 0.05) is 29.0 Å². The van der Waals surface area contributed by atoms with E-state index < -0.39 is 26.2 Å². The highest BCUT2D eigenvalue weighted by Crippen LogP contribution is 2.26. The second-order valence-electron chi connectivity index (χ2n) is 6.10. The third kappa shape index (κ3) is 4.28. The van der Waals surface area contributed by atoms with Gasteiger partial charge in [0.2, 0.25) is 0 Å². The van der Waals surface area contributed by atoms with Gasteiger partial charge in [-0.15, -0.1) is 11.3 Å². The molecule has 3 aromatic rings. The van der Waals surface area contributed by atoms with Crippen molar-refractivity contribution in [1.82, 2.24) is 14.5 Å². The molecule has 3 aromatic heterocycles. The lowest BCUT2D eigenvalue weighted by atomic mass is 10.2. The van der Waals surface area contributed by atoms with Crippen molar-refractivity contribution in [1.29, 1.82) is 0 Å². The number of aryl methyl sites for hydroxylation is 1. The number of sulfonamides is 1. The fourth-order valence-electron chi connectivity index (χ4n) is 2.71. The van der Waals surface area contributed by atoms with E-state index in [1.807, 2.05) is 5.38 Å². The minimum atomic E-state index is -4.20. The first-order chi connectivity index (χ1) is 12.9. The number of thiophene rings is 1. The number of pyridine rings is 1. The summed E-state index contributed by atoms with van der Waals surface area (Å²) >= 11 is 1.46. The molecular weight excluding hydrogens is 388 g/mol. The smallest absolute Gasteiger partial charge is 0.299 e. The van der Waals surface area contributed by atoms with E-state index in [9.17, 15) is 18.0 Å². The molecule has 0 spiro atoms. The first-order valence-corrected chi connectivity index (χ1v) is 11.0. The lowest BCUT2D eigenvalue weighted by molar-refractivity contribution is 0.549. The molecule has 0 atom stereocenters. The largest absolute Gasteiger partial charge is 0.328 e. The molecule has 27 heavy (non-hydrogen) atoms. The zero-order chi connectivity index (χ0) is 19.4. The maximum absolute atomic E-state index is 12.7. The van der Waals surface area contributed by atoms with Crippen LogP contribution in [0.1, 0.15) is 32.6 Å². The monoisotopic (exact) mass is 408 g/mol. The number of rotatable bonds is 8. The van der Waals surface area contributed by atoms with E-state index in [0.29, 0.717) is 11.9 Å². The summed E-state index contributed by atoms with van der Waals surface area (Å²) in [5.41, 5.74) is -1.57. The van der Waals surface area contributed by atoms with Crippen LogP contribution in [0.4, 0.5) is 5.82 Å². The molecule has 0 amide bonds. The summed E-state index contributed by atoms with van der Waals surface area (Å²) in [5, 5.41) is 2.48. The van der Waals surface area contributed by atoms with Gasteiger partial charge in [-0.25, -0.2) is 18.2 Å². The average Bonchev–Trinajstić information content (AvgIpc) is 3.09. The van der Waals surface area contributed by atoms with E-state index in [0.717, 1.165) is 36.6 Å². The normalized spacial score (nSPS) is 11.7. The third-order valence-corrected chi connectivity index (χ3v) is 6.35. The van der Waals surface area contributed by atoms with Crippen LogP contribution in [0.3, 0.4) is 0 Å². The van der Waals surface area contributed by atoms with E-state index in [2.05, 4.69) is 21.6 Å². The van der Waals surface area contributed by atoms with Gasteiger partial charge in [0.05, 0.1) is 0 Å². The zero-order valence-electron chi connectivity index (χ0n) is 14.8. The van der Waals surface area contributed by atoms with Gasteiger partial charge >= 0.3 is 5.69 Å². The Bertz CT molecular complexity index is 1160. The van der Waals surface area contributed by atoms with Gasteiger partial charge in [-0.3, -0.25) is 19.1 Å². The van der Waals surface area contributed by atoms with E-state index in [1.54, 1.807) is 12.1 Å². The number of hydrogen-bond donors (Lipinski definition) is 2. The Labute approximate surface area is 160 Å². The molecule has 8 nitrogen and oxygen atoms in total. The molecule has 0 fully saturated rings. The quantitative estimate of drug-likeness (QED) is 0.556. The Morgan fingerprint density at radius 3 is 2.81 bits per heavy atom. The van der Waals surface area contributed by atoms with Crippen molar-refractivity contribution in [2.24, 2.45) is 0 Å². The van der Waals surface area contributed by atoms with Gasteiger partial charge in [0.15, 0.2) is 4.90 Å². The molecule has 0 aliphatic carbocycles. The second kappa shape index (κ2) is 8.05. The van der Waals surface area contributed by atoms with Gasteiger partial charge in [-0.1, -0.05) is 26.2 Å².